The molecule has 4 rings (SSSR count). The quantitative estimate of drug-likeness (QED) is 0.658. The van der Waals surface area contributed by atoms with Gasteiger partial charge in [0.15, 0.2) is 12.0 Å². The number of urea groups is 1. The molecule has 10 nitrogen and oxygen atoms in total. The number of carbonyl (C=O) groups is 2. The van der Waals surface area contributed by atoms with Gasteiger partial charge in [-0.05, 0) is 32.9 Å². The minimum absolute atomic E-state index is 0.0378. The SMILES string of the molecule is Cc1ccc(S(=O)(=O)OC[C@H]2O[C@@H](N3C[C@H](C)C(=O)NC3=O)[C@@H]3OC(C)(C)O[C@@H]32)cc1. The summed E-state index contributed by atoms with van der Waals surface area (Å²) in [7, 11) is -4.01. The third kappa shape index (κ3) is 4.33. The van der Waals surface area contributed by atoms with Crippen molar-refractivity contribution in [3.8, 4) is 0 Å². The molecule has 3 aliphatic heterocycles. The van der Waals surface area contributed by atoms with Gasteiger partial charge in [-0.1, -0.05) is 24.6 Å². The van der Waals surface area contributed by atoms with Crippen LogP contribution in [0.2, 0.25) is 0 Å². The first-order valence-corrected chi connectivity index (χ1v) is 11.5. The third-order valence-corrected chi connectivity index (χ3v) is 6.83. The molecule has 0 radical (unpaired) electrons. The lowest BCUT2D eigenvalue weighted by atomic mass is 10.1. The maximum absolute atomic E-state index is 12.6. The van der Waals surface area contributed by atoms with Gasteiger partial charge in [-0.2, -0.15) is 8.42 Å². The Morgan fingerprint density at radius 3 is 2.48 bits per heavy atom. The largest absolute Gasteiger partial charge is 0.347 e. The molecule has 1 aromatic carbocycles. The minimum atomic E-state index is -4.01. The first-order valence-electron chi connectivity index (χ1n) is 10.1. The Morgan fingerprint density at radius 2 is 1.81 bits per heavy atom. The van der Waals surface area contributed by atoms with E-state index in [1.54, 1.807) is 32.9 Å². The predicted octanol–water partition coefficient (Wildman–Crippen LogP) is 1.13. The second kappa shape index (κ2) is 7.82. The van der Waals surface area contributed by atoms with E-state index < -0.39 is 52.4 Å². The Morgan fingerprint density at radius 1 is 1.16 bits per heavy atom. The summed E-state index contributed by atoms with van der Waals surface area (Å²) in [5.41, 5.74) is 0.926. The monoisotopic (exact) mass is 454 g/mol. The zero-order valence-electron chi connectivity index (χ0n) is 17.7. The number of imide groups is 1. The highest BCUT2D eigenvalue weighted by molar-refractivity contribution is 7.86. The molecular formula is C20H26N2O8S. The Balaban J connectivity index is 1.51. The average molecular weight is 455 g/mol. The molecular weight excluding hydrogens is 428 g/mol. The normalized spacial score (nSPS) is 32.8. The number of rotatable bonds is 5. The number of nitrogens with one attached hydrogen (secondary N) is 1. The van der Waals surface area contributed by atoms with Crippen LogP contribution in [0.3, 0.4) is 0 Å². The maximum atomic E-state index is 12.6. The van der Waals surface area contributed by atoms with Crippen LogP contribution < -0.4 is 5.32 Å². The van der Waals surface area contributed by atoms with E-state index >= 15 is 0 Å². The molecule has 0 saturated carbocycles. The predicted molar refractivity (Wildman–Crippen MR) is 106 cm³/mol. The van der Waals surface area contributed by atoms with Crippen LogP contribution >= 0.6 is 0 Å². The van der Waals surface area contributed by atoms with E-state index in [0.717, 1.165) is 5.56 Å². The Hall–Kier alpha value is -2.05. The smallest absolute Gasteiger partial charge is 0.326 e. The fourth-order valence-electron chi connectivity index (χ4n) is 3.95. The summed E-state index contributed by atoms with van der Waals surface area (Å²) >= 11 is 0. The highest BCUT2D eigenvalue weighted by atomic mass is 32.2. The van der Waals surface area contributed by atoms with Crippen LogP contribution in [-0.2, 0) is 33.3 Å². The van der Waals surface area contributed by atoms with Crippen LogP contribution in [-0.4, -0.2) is 68.7 Å². The number of benzene rings is 1. The molecule has 0 aliphatic carbocycles. The number of aryl methyl sites for hydroxylation is 1. The van der Waals surface area contributed by atoms with Gasteiger partial charge in [0, 0.05) is 6.54 Å². The zero-order chi connectivity index (χ0) is 22.6. The fourth-order valence-corrected chi connectivity index (χ4v) is 4.87. The van der Waals surface area contributed by atoms with Crippen molar-refractivity contribution in [3.63, 3.8) is 0 Å². The second-order valence-electron chi connectivity index (χ2n) is 8.53. The second-order valence-corrected chi connectivity index (χ2v) is 10.1. The van der Waals surface area contributed by atoms with Crippen molar-refractivity contribution in [2.45, 2.75) is 62.9 Å². The molecule has 1 aromatic rings. The van der Waals surface area contributed by atoms with Crippen LogP contribution in [0, 0.1) is 12.8 Å². The van der Waals surface area contributed by atoms with E-state index in [9.17, 15) is 18.0 Å². The van der Waals surface area contributed by atoms with E-state index in [0.29, 0.717) is 0 Å². The van der Waals surface area contributed by atoms with Gasteiger partial charge < -0.3 is 14.2 Å². The van der Waals surface area contributed by atoms with Gasteiger partial charge in [0.25, 0.3) is 10.1 Å². The van der Waals surface area contributed by atoms with Crippen molar-refractivity contribution >= 4 is 22.1 Å². The van der Waals surface area contributed by atoms with E-state index in [2.05, 4.69) is 5.32 Å². The number of hydrogen-bond acceptors (Lipinski definition) is 8. The molecule has 0 bridgehead atoms. The molecule has 5 atom stereocenters. The molecule has 0 aromatic heterocycles. The molecule has 3 saturated heterocycles. The van der Waals surface area contributed by atoms with Gasteiger partial charge in [0.2, 0.25) is 5.91 Å². The number of amides is 3. The lowest BCUT2D eigenvalue weighted by Crippen LogP contribution is -2.59. The van der Waals surface area contributed by atoms with E-state index in [1.165, 1.54) is 17.0 Å². The number of ether oxygens (including phenoxy) is 3. The average Bonchev–Trinajstić information content (AvgIpc) is 3.16. The summed E-state index contributed by atoms with van der Waals surface area (Å²) in [5, 5.41) is 2.30. The van der Waals surface area contributed by atoms with Crippen molar-refractivity contribution in [1.82, 2.24) is 10.2 Å². The number of hydrogen-bond donors (Lipinski definition) is 1. The summed E-state index contributed by atoms with van der Waals surface area (Å²) in [5.74, 6) is -1.73. The van der Waals surface area contributed by atoms with E-state index in [1.807, 2.05) is 6.92 Å². The summed E-state index contributed by atoms with van der Waals surface area (Å²) in [6, 6.07) is 5.72. The first-order chi connectivity index (χ1) is 14.5. The Bertz CT molecular complexity index is 977. The number of carbonyl (C=O) groups excluding carboxylic acids is 2. The molecule has 11 heteroatoms. The lowest BCUT2D eigenvalue weighted by molar-refractivity contribution is -0.204. The topological polar surface area (TPSA) is 120 Å². The van der Waals surface area contributed by atoms with Crippen LogP contribution in [0.1, 0.15) is 26.3 Å². The Labute approximate surface area is 180 Å². The van der Waals surface area contributed by atoms with Crippen LogP contribution in [0.5, 0.6) is 0 Å². The van der Waals surface area contributed by atoms with Gasteiger partial charge in [-0.3, -0.25) is 19.2 Å². The van der Waals surface area contributed by atoms with Crippen molar-refractivity contribution in [1.29, 1.82) is 0 Å². The van der Waals surface area contributed by atoms with E-state index in [4.69, 9.17) is 18.4 Å². The Kier molecular flexibility index (Phi) is 5.59. The molecule has 170 valence electrons. The highest BCUT2D eigenvalue weighted by Gasteiger charge is 2.58. The summed E-state index contributed by atoms with van der Waals surface area (Å²) in [6.07, 6.45) is -2.94. The molecule has 3 fully saturated rings. The lowest BCUT2D eigenvalue weighted by Gasteiger charge is -2.36. The molecule has 31 heavy (non-hydrogen) atoms. The van der Waals surface area contributed by atoms with Crippen molar-refractivity contribution in [2.24, 2.45) is 5.92 Å². The summed E-state index contributed by atoms with van der Waals surface area (Å²) in [4.78, 5) is 25.6. The van der Waals surface area contributed by atoms with Gasteiger partial charge in [0.1, 0.15) is 18.3 Å². The molecule has 3 amide bonds. The first kappa shape index (κ1) is 22.2. The minimum Gasteiger partial charge on any atom is -0.347 e. The third-order valence-electron chi connectivity index (χ3n) is 5.54. The molecule has 1 N–H and O–H groups in total. The zero-order valence-corrected chi connectivity index (χ0v) is 18.5. The molecule has 3 aliphatic rings. The highest BCUT2D eigenvalue weighted by Crippen LogP contribution is 2.40. The van der Waals surface area contributed by atoms with Crippen LogP contribution in [0.15, 0.2) is 29.2 Å². The van der Waals surface area contributed by atoms with Crippen LogP contribution in [0.4, 0.5) is 4.79 Å². The van der Waals surface area contributed by atoms with Gasteiger partial charge >= 0.3 is 6.03 Å². The van der Waals surface area contributed by atoms with Gasteiger partial charge in [-0.25, -0.2) is 4.79 Å². The van der Waals surface area contributed by atoms with Crippen molar-refractivity contribution < 1.29 is 36.4 Å². The van der Waals surface area contributed by atoms with E-state index in [-0.39, 0.29) is 24.0 Å². The van der Waals surface area contributed by atoms with Crippen LogP contribution in [0.25, 0.3) is 0 Å². The molecule has 3 heterocycles. The number of fused-ring (bicyclic) bond motifs is 1. The summed E-state index contributed by atoms with van der Waals surface area (Å²) in [6.45, 7) is 6.85. The molecule has 0 spiro atoms. The van der Waals surface area contributed by atoms with Crippen molar-refractivity contribution in [3.05, 3.63) is 29.8 Å². The summed E-state index contributed by atoms with van der Waals surface area (Å²) < 4.78 is 48.3. The van der Waals surface area contributed by atoms with Gasteiger partial charge in [-0.15, -0.1) is 0 Å². The number of nitrogens with zero attached hydrogens (tertiary/aromatic N) is 1. The standard InChI is InChI=1S/C20H26N2O8S/c1-11-5-7-13(8-6-11)31(25,26)27-10-14-15-16(30-20(3,4)29-15)18(28-14)22-9-12(2)17(23)21-19(22)24/h5-8,12,14-16,18H,9-10H2,1-4H3,(H,21,23,24)/t12-,14+,15+,16+,18+/m0/s1. The van der Waals surface area contributed by atoms with Gasteiger partial charge in [0.05, 0.1) is 17.4 Å². The maximum Gasteiger partial charge on any atom is 0.326 e. The fraction of sp³-hybridized carbons (Fsp3) is 0.600. The molecule has 0 unspecified atom stereocenters. The van der Waals surface area contributed by atoms with Crippen molar-refractivity contribution in [2.75, 3.05) is 13.2 Å².